The van der Waals surface area contributed by atoms with Crippen molar-refractivity contribution in [3.05, 3.63) is 72.8 Å². The number of hydrogen-bond donors (Lipinski definition) is 1. The summed E-state index contributed by atoms with van der Waals surface area (Å²) in [5, 5.41) is 14.8. The van der Waals surface area contributed by atoms with Gasteiger partial charge in [-0.2, -0.15) is 0 Å². The van der Waals surface area contributed by atoms with E-state index in [0.29, 0.717) is 34.6 Å². The van der Waals surface area contributed by atoms with E-state index in [9.17, 15) is 9.90 Å². The Labute approximate surface area is 206 Å². The third-order valence-corrected chi connectivity index (χ3v) is 7.45. The summed E-state index contributed by atoms with van der Waals surface area (Å²) in [7, 11) is 0. The number of aromatic hydroxyl groups is 1. The number of phenolic OH excluding ortho intramolecular Hbond substituents is 1. The molecule has 0 radical (unpaired) electrons. The second-order valence-corrected chi connectivity index (χ2v) is 10.2. The van der Waals surface area contributed by atoms with Gasteiger partial charge in [0.05, 0.1) is 0 Å². The molecule has 1 fully saturated rings. The average Bonchev–Trinajstić information content (AvgIpc) is 2.84. The molecule has 1 aliphatic rings. The molecule has 0 aliphatic heterocycles. The minimum Gasteiger partial charge on any atom is -0.507 e. The second-order valence-electron chi connectivity index (χ2n) is 10.2. The Morgan fingerprint density at radius 2 is 1.49 bits per heavy atom. The van der Waals surface area contributed by atoms with Crippen LogP contribution in [0.3, 0.4) is 0 Å². The molecule has 180 valence electrons. The predicted octanol–water partition coefficient (Wildman–Crippen LogP) is 8.34. The largest absolute Gasteiger partial charge is 0.514 e. The standard InChI is InChI=1S/C31H32O4/c1-19(2)23-15-12-20(3)18-28(23)35-31(33)34-27-17-14-22-9-5-7-11-25(22)30(27)29-24-10-6-4-8-21(24)13-16-26(29)32/h4-11,13-14,16-17,19-20,23,28,32H,12,15,18H2,1-3H3/t20-,23+,28-/m0/s1. The lowest BCUT2D eigenvalue weighted by Gasteiger charge is -2.36. The molecular weight excluding hydrogens is 436 g/mol. The van der Waals surface area contributed by atoms with Crippen LogP contribution in [0.15, 0.2) is 72.8 Å². The van der Waals surface area contributed by atoms with E-state index in [4.69, 9.17) is 9.47 Å². The maximum atomic E-state index is 13.1. The fraction of sp³-hybridized carbons (Fsp3) is 0.323. The van der Waals surface area contributed by atoms with Crippen LogP contribution < -0.4 is 4.74 Å². The van der Waals surface area contributed by atoms with Crippen molar-refractivity contribution in [3.8, 4) is 22.6 Å². The Balaban J connectivity index is 1.57. The first-order valence-corrected chi connectivity index (χ1v) is 12.5. The topological polar surface area (TPSA) is 55.8 Å². The zero-order valence-electron chi connectivity index (χ0n) is 20.5. The zero-order valence-corrected chi connectivity index (χ0v) is 20.5. The zero-order chi connectivity index (χ0) is 24.5. The molecule has 0 spiro atoms. The smallest absolute Gasteiger partial charge is 0.507 e. The minimum atomic E-state index is -0.689. The number of carbonyl (C=O) groups is 1. The van der Waals surface area contributed by atoms with Crippen molar-refractivity contribution in [2.75, 3.05) is 0 Å². The number of benzene rings is 4. The van der Waals surface area contributed by atoms with Crippen molar-refractivity contribution >= 4 is 27.7 Å². The molecule has 5 rings (SSSR count). The molecule has 1 saturated carbocycles. The van der Waals surface area contributed by atoms with Crippen LogP contribution in [-0.2, 0) is 4.74 Å². The summed E-state index contributed by atoms with van der Waals surface area (Å²) in [6.45, 7) is 6.59. The highest BCUT2D eigenvalue weighted by Gasteiger charge is 2.34. The van der Waals surface area contributed by atoms with E-state index >= 15 is 0 Å². The SMILES string of the molecule is CC(C)[C@H]1CC[C@H](C)C[C@@H]1OC(=O)Oc1ccc2ccccc2c1-c1c(O)ccc2ccccc12. The fourth-order valence-corrected chi connectivity index (χ4v) is 5.60. The molecule has 4 heteroatoms. The van der Waals surface area contributed by atoms with Gasteiger partial charge >= 0.3 is 6.16 Å². The van der Waals surface area contributed by atoms with Gasteiger partial charge < -0.3 is 14.6 Å². The lowest BCUT2D eigenvalue weighted by atomic mass is 9.75. The van der Waals surface area contributed by atoms with Crippen molar-refractivity contribution in [1.82, 2.24) is 0 Å². The molecule has 0 aromatic heterocycles. The molecule has 35 heavy (non-hydrogen) atoms. The molecule has 1 N–H and O–H groups in total. The van der Waals surface area contributed by atoms with Crippen LogP contribution in [0.1, 0.15) is 40.0 Å². The first-order valence-electron chi connectivity index (χ1n) is 12.5. The Bertz CT molecular complexity index is 1370. The van der Waals surface area contributed by atoms with Crippen LogP contribution >= 0.6 is 0 Å². The summed E-state index contributed by atoms with van der Waals surface area (Å²) < 4.78 is 11.8. The van der Waals surface area contributed by atoms with Gasteiger partial charge in [0.2, 0.25) is 0 Å². The maximum Gasteiger partial charge on any atom is 0.514 e. The summed E-state index contributed by atoms with van der Waals surface area (Å²) in [4.78, 5) is 13.1. The molecule has 0 heterocycles. The Morgan fingerprint density at radius 1 is 0.857 bits per heavy atom. The highest BCUT2D eigenvalue weighted by Crippen LogP contribution is 2.45. The van der Waals surface area contributed by atoms with Crippen LogP contribution in [0.4, 0.5) is 4.79 Å². The van der Waals surface area contributed by atoms with Crippen molar-refractivity contribution in [2.45, 2.75) is 46.1 Å². The summed E-state index contributed by atoms with van der Waals surface area (Å²) in [6.07, 6.45) is 2.23. The number of phenols is 1. The Morgan fingerprint density at radius 3 is 2.17 bits per heavy atom. The van der Waals surface area contributed by atoms with Gasteiger partial charge in [0.15, 0.2) is 0 Å². The molecule has 4 aromatic rings. The van der Waals surface area contributed by atoms with Crippen LogP contribution in [0.25, 0.3) is 32.7 Å². The molecule has 0 amide bonds. The van der Waals surface area contributed by atoms with Gasteiger partial charge in [-0.3, -0.25) is 0 Å². The van der Waals surface area contributed by atoms with E-state index in [1.807, 2.05) is 60.7 Å². The van der Waals surface area contributed by atoms with Crippen LogP contribution in [0.2, 0.25) is 0 Å². The molecule has 3 atom stereocenters. The third-order valence-electron chi connectivity index (χ3n) is 7.45. The summed E-state index contributed by atoms with van der Waals surface area (Å²) in [5.74, 6) is 1.80. The summed E-state index contributed by atoms with van der Waals surface area (Å²) >= 11 is 0. The Hall–Kier alpha value is -3.53. The number of ether oxygens (including phenoxy) is 2. The maximum absolute atomic E-state index is 13.1. The fourth-order valence-electron chi connectivity index (χ4n) is 5.60. The lowest BCUT2D eigenvalue weighted by Crippen LogP contribution is -2.36. The summed E-state index contributed by atoms with van der Waals surface area (Å²) in [6, 6.07) is 23.1. The van der Waals surface area contributed by atoms with Gasteiger partial charge in [-0.1, -0.05) is 87.9 Å². The molecule has 4 aromatic carbocycles. The first-order chi connectivity index (χ1) is 16.9. The summed E-state index contributed by atoms with van der Waals surface area (Å²) in [5.41, 5.74) is 1.33. The van der Waals surface area contributed by atoms with E-state index in [0.717, 1.165) is 40.8 Å². The van der Waals surface area contributed by atoms with Crippen molar-refractivity contribution < 1.29 is 19.4 Å². The highest BCUT2D eigenvalue weighted by atomic mass is 16.7. The Kier molecular flexibility index (Phi) is 6.38. The van der Waals surface area contributed by atoms with E-state index in [2.05, 4.69) is 20.8 Å². The molecule has 0 saturated heterocycles. The van der Waals surface area contributed by atoms with Crippen LogP contribution in [0, 0.1) is 17.8 Å². The number of fused-ring (bicyclic) bond motifs is 2. The monoisotopic (exact) mass is 468 g/mol. The van der Waals surface area contributed by atoms with E-state index in [-0.39, 0.29) is 11.9 Å². The van der Waals surface area contributed by atoms with Gasteiger partial charge in [-0.15, -0.1) is 0 Å². The minimum absolute atomic E-state index is 0.138. The quantitative estimate of drug-likeness (QED) is 0.241. The number of carbonyl (C=O) groups excluding carboxylic acids is 1. The molecule has 0 bridgehead atoms. The third kappa shape index (κ3) is 4.58. The predicted molar refractivity (Wildman–Crippen MR) is 141 cm³/mol. The molecule has 0 unspecified atom stereocenters. The first kappa shape index (κ1) is 23.2. The van der Waals surface area contributed by atoms with Crippen LogP contribution in [0.5, 0.6) is 11.5 Å². The van der Waals surface area contributed by atoms with Crippen molar-refractivity contribution in [3.63, 3.8) is 0 Å². The number of rotatable bonds is 4. The normalized spacial score (nSPS) is 20.3. The van der Waals surface area contributed by atoms with Gasteiger partial charge in [-0.25, -0.2) is 4.79 Å². The van der Waals surface area contributed by atoms with Crippen LogP contribution in [-0.4, -0.2) is 17.4 Å². The van der Waals surface area contributed by atoms with Gasteiger partial charge in [0, 0.05) is 11.1 Å². The second kappa shape index (κ2) is 9.61. The molecule has 4 nitrogen and oxygen atoms in total. The van der Waals surface area contributed by atoms with Crippen molar-refractivity contribution in [2.24, 2.45) is 17.8 Å². The van der Waals surface area contributed by atoms with Gasteiger partial charge in [0.1, 0.15) is 17.6 Å². The van der Waals surface area contributed by atoms with Gasteiger partial charge in [-0.05, 0) is 64.3 Å². The lowest BCUT2D eigenvalue weighted by molar-refractivity contribution is -0.0136. The average molecular weight is 469 g/mol. The highest BCUT2D eigenvalue weighted by molar-refractivity contribution is 6.09. The van der Waals surface area contributed by atoms with Crippen molar-refractivity contribution in [1.29, 1.82) is 0 Å². The van der Waals surface area contributed by atoms with E-state index in [1.165, 1.54) is 0 Å². The van der Waals surface area contributed by atoms with E-state index < -0.39 is 6.16 Å². The molecule has 1 aliphatic carbocycles. The van der Waals surface area contributed by atoms with E-state index in [1.54, 1.807) is 12.1 Å². The van der Waals surface area contributed by atoms with Gasteiger partial charge in [0.25, 0.3) is 0 Å². The molecular formula is C31H32O4. The number of hydrogen-bond acceptors (Lipinski definition) is 4.